The van der Waals surface area contributed by atoms with Gasteiger partial charge >= 0.3 is 0 Å². The summed E-state index contributed by atoms with van der Waals surface area (Å²) in [5.41, 5.74) is 2.10. The summed E-state index contributed by atoms with van der Waals surface area (Å²) in [6.07, 6.45) is 0. The monoisotopic (exact) mass is 386 g/mol. The van der Waals surface area contributed by atoms with E-state index in [0.717, 1.165) is 36.9 Å². The van der Waals surface area contributed by atoms with Gasteiger partial charge in [0.15, 0.2) is 0 Å². The van der Waals surface area contributed by atoms with Gasteiger partial charge in [0.1, 0.15) is 0 Å². The van der Waals surface area contributed by atoms with Crippen LogP contribution in [0.1, 0.15) is 0 Å². The first-order valence-electron chi connectivity index (χ1n) is 8.52. The first kappa shape index (κ1) is 17.2. The maximum absolute atomic E-state index is 6.10. The van der Waals surface area contributed by atoms with E-state index in [-0.39, 0.29) is 0 Å². The predicted octanol–water partition coefficient (Wildman–Crippen LogP) is 3.23. The molecule has 2 aromatic carbocycles. The van der Waals surface area contributed by atoms with Crippen LogP contribution in [0.5, 0.6) is 0 Å². The zero-order valence-corrected chi connectivity index (χ0v) is 15.8. The van der Waals surface area contributed by atoms with Gasteiger partial charge in [0.25, 0.3) is 0 Å². The van der Waals surface area contributed by atoms with E-state index in [2.05, 4.69) is 26.3 Å². The van der Waals surface area contributed by atoms with Gasteiger partial charge in [0.2, 0.25) is 4.77 Å². The summed E-state index contributed by atoms with van der Waals surface area (Å²) in [5.74, 6) is 0. The zero-order chi connectivity index (χ0) is 17.9. The molecule has 0 radical (unpaired) electrons. The van der Waals surface area contributed by atoms with E-state index < -0.39 is 0 Å². The molecule has 1 aliphatic rings. The predicted molar refractivity (Wildman–Crippen MR) is 105 cm³/mol. The highest BCUT2D eigenvalue weighted by atomic mass is 35.5. The van der Waals surface area contributed by atoms with Crippen LogP contribution in [-0.4, -0.2) is 50.9 Å². The Morgan fingerprint density at radius 1 is 0.885 bits per heavy atom. The lowest BCUT2D eigenvalue weighted by Gasteiger charge is -2.35. The SMILES string of the molecule is S=c1n(CN2CCN(c3cccc(Cl)c3)CC2)nnn1-c1ccccc1. The molecule has 134 valence electrons. The van der Waals surface area contributed by atoms with Gasteiger partial charge < -0.3 is 4.90 Å². The first-order chi connectivity index (χ1) is 12.7. The molecule has 0 amide bonds. The summed E-state index contributed by atoms with van der Waals surface area (Å²) >= 11 is 11.6. The highest BCUT2D eigenvalue weighted by Gasteiger charge is 2.18. The molecule has 4 rings (SSSR count). The Balaban J connectivity index is 1.41. The normalized spacial score (nSPS) is 15.3. The number of piperazine rings is 1. The van der Waals surface area contributed by atoms with E-state index in [1.807, 2.05) is 48.5 Å². The van der Waals surface area contributed by atoms with Gasteiger partial charge in [-0.2, -0.15) is 4.68 Å². The van der Waals surface area contributed by atoms with E-state index in [4.69, 9.17) is 23.8 Å². The molecule has 26 heavy (non-hydrogen) atoms. The van der Waals surface area contributed by atoms with Gasteiger partial charge in [-0.15, -0.1) is 0 Å². The van der Waals surface area contributed by atoms with Crippen LogP contribution in [-0.2, 0) is 6.67 Å². The van der Waals surface area contributed by atoms with E-state index in [0.29, 0.717) is 11.4 Å². The Morgan fingerprint density at radius 2 is 1.62 bits per heavy atom. The molecular weight excluding hydrogens is 368 g/mol. The molecule has 0 N–H and O–H groups in total. The fraction of sp³-hybridized carbons (Fsp3) is 0.278. The van der Waals surface area contributed by atoms with Crippen LogP contribution in [0.2, 0.25) is 5.02 Å². The number of halogens is 1. The fourth-order valence-corrected chi connectivity index (χ4v) is 3.52. The van der Waals surface area contributed by atoms with Crippen molar-refractivity contribution in [3.8, 4) is 5.69 Å². The third-order valence-corrected chi connectivity index (χ3v) is 5.14. The lowest BCUT2D eigenvalue weighted by atomic mass is 10.2. The summed E-state index contributed by atoms with van der Waals surface area (Å²) in [4.78, 5) is 4.68. The van der Waals surface area contributed by atoms with Crippen molar-refractivity contribution in [3.63, 3.8) is 0 Å². The third kappa shape index (κ3) is 3.65. The van der Waals surface area contributed by atoms with Crippen molar-refractivity contribution in [1.82, 2.24) is 24.7 Å². The van der Waals surface area contributed by atoms with Crippen molar-refractivity contribution < 1.29 is 0 Å². The Labute approximate surface area is 162 Å². The minimum absolute atomic E-state index is 0.605. The maximum atomic E-state index is 6.10. The van der Waals surface area contributed by atoms with Crippen LogP contribution >= 0.6 is 23.8 Å². The van der Waals surface area contributed by atoms with Crippen LogP contribution in [0, 0.1) is 4.77 Å². The number of anilines is 1. The smallest absolute Gasteiger partial charge is 0.221 e. The molecule has 0 saturated carbocycles. The quantitative estimate of drug-likeness (QED) is 0.644. The van der Waals surface area contributed by atoms with Gasteiger partial charge in [0, 0.05) is 36.9 Å². The average molecular weight is 387 g/mol. The van der Waals surface area contributed by atoms with Crippen LogP contribution in [0.4, 0.5) is 5.69 Å². The second-order valence-electron chi connectivity index (χ2n) is 6.23. The van der Waals surface area contributed by atoms with Crippen molar-refractivity contribution in [1.29, 1.82) is 0 Å². The van der Waals surface area contributed by atoms with Crippen LogP contribution < -0.4 is 4.90 Å². The zero-order valence-electron chi connectivity index (χ0n) is 14.2. The summed E-state index contributed by atoms with van der Waals surface area (Å²) in [6.45, 7) is 4.41. The first-order valence-corrected chi connectivity index (χ1v) is 9.30. The number of aromatic nitrogens is 4. The number of para-hydroxylation sites is 1. The maximum Gasteiger partial charge on any atom is 0.221 e. The summed E-state index contributed by atoms with van der Waals surface area (Å²) in [5, 5.41) is 9.20. The lowest BCUT2D eigenvalue weighted by Crippen LogP contribution is -2.47. The fourth-order valence-electron chi connectivity index (χ4n) is 3.10. The Hall–Kier alpha value is -2.22. The minimum Gasteiger partial charge on any atom is -0.369 e. The second-order valence-corrected chi connectivity index (χ2v) is 7.04. The molecule has 1 aromatic heterocycles. The van der Waals surface area contributed by atoms with Crippen LogP contribution in [0.25, 0.3) is 5.69 Å². The molecule has 0 unspecified atom stereocenters. The average Bonchev–Trinajstić information content (AvgIpc) is 3.03. The van der Waals surface area contributed by atoms with Gasteiger partial charge in [0.05, 0.1) is 12.4 Å². The topological polar surface area (TPSA) is 42.1 Å². The molecule has 1 saturated heterocycles. The Kier molecular flexibility index (Phi) is 5.01. The van der Waals surface area contributed by atoms with Crippen LogP contribution in [0.15, 0.2) is 54.6 Å². The molecule has 3 aromatic rings. The van der Waals surface area contributed by atoms with Gasteiger partial charge in [-0.25, -0.2) is 4.68 Å². The number of nitrogens with zero attached hydrogens (tertiary/aromatic N) is 6. The van der Waals surface area contributed by atoms with Crippen molar-refractivity contribution in [2.45, 2.75) is 6.67 Å². The van der Waals surface area contributed by atoms with Gasteiger partial charge in [-0.1, -0.05) is 35.9 Å². The number of benzene rings is 2. The lowest BCUT2D eigenvalue weighted by molar-refractivity contribution is 0.193. The third-order valence-electron chi connectivity index (χ3n) is 4.52. The Bertz CT molecular complexity index is 930. The van der Waals surface area contributed by atoms with Crippen molar-refractivity contribution in [3.05, 3.63) is 64.4 Å². The second kappa shape index (κ2) is 7.57. The summed E-state index contributed by atoms with van der Waals surface area (Å²) < 4.78 is 4.07. The molecule has 0 aliphatic carbocycles. The number of tetrazole rings is 1. The standard InChI is InChI=1S/C18H19ClN6S/c19-15-5-4-8-17(13-15)23-11-9-22(10-12-23)14-24-18(26)25(21-20-24)16-6-2-1-3-7-16/h1-8,13H,9-12,14H2. The van der Waals surface area contributed by atoms with Crippen LogP contribution in [0.3, 0.4) is 0 Å². The number of hydrogen-bond donors (Lipinski definition) is 0. The number of rotatable bonds is 4. The molecular formula is C18H19ClN6S. The minimum atomic E-state index is 0.605. The molecule has 2 heterocycles. The summed E-state index contributed by atoms with van der Waals surface area (Å²) in [6, 6.07) is 17.8. The van der Waals surface area contributed by atoms with E-state index >= 15 is 0 Å². The van der Waals surface area contributed by atoms with Gasteiger partial charge in [-0.3, -0.25) is 4.90 Å². The van der Waals surface area contributed by atoms with E-state index in [1.165, 1.54) is 5.69 Å². The van der Waals surface area contributed by atoms with E-state index in [1.54, 1.807) is 9.36 Å². The number of hydrogen-bond acceptors (Lipinski definition) is 5. The molecule has 1 aliphatic heterocycles. The van der Waals surface area contributed by atoms with Crippen molar-refractivity contribution >= 4 is 29.5 Å². The molecule has 0 spiro atoms. The molecule has 6 nitrogen and oxygen atoms in total. The molecule has 0 atom stereocenters. The summed E-state index contributed by atoms with van der Waals surface area (Å²) in [7, 11) is 0. The molecule has 8 heteroatoms. The molecule has 0 bridgehead atoms. The van der Waals surface area contributed by atoms with Crippen molar-refractivity contribution in [2.75, 3.05) is 31.1 Å². The van der Waals surface area contributed by atoms with Gasteiger partial charge in [-0.05, 0) is 53.0 Å². The van der Waals surface area contributed by atoms with Crippen molar-refractivity contribution in [2.24, 2.45) is 0 Å². The Morgan fingerprint density at radius 3 is 2.35 bits per heavy atom. The highest BCUT2D eigenvalue weighted by Crippen LogP contribution is 2.20. The van der Waals surface area contributed by atoms with E-state index in [9.17, 15) is 0 Å². The largest absolute Gasteiger partial charge is 0.369 e. The highest BCUT2D eigenvalue weighted by molar-refractivity contribution is 7.71. The molecule has 1 fully saturated rings.